The van der Waals surface area contributed by atoms with Crippen LogP contribution < -0.4 is 10.1 Å². The third kappa shape index (κ3) is 6.58. The number of rotatable bonds is 7. The minimum absolute atomic E-state index is 0.0273. The van der Waals surface area contributed by atoms with Crippen LogP contribution in [0.1, 0.15) is 44.4 Å². The highest BCUT2D eigenvalue weighted by molar-refractivity contribution is 5.88. The number of aryl methyl sites for hydroxylation is 2. The molecule has 0 bridgehead atoms. The van der Waals surface area contributed by atoms with Crippen LogP contribution in [0.15, 0.2) is 42.5 Å². The first-order chi connectivity index (χ1) is 14.0. The molecule has 6 heteroatoms. The molecule has 0 aliphatic carbocycles. The van der Waals surface area contributed by atoms with Crippen LogP contribution in [-0.2, 0) is 16.1 Å². The van der Waals surface area contributed by atoms with Crippen molar-refractivity contribution in [2.24, 2.45) is 0 Å². The van der Waals surface area contributed by atoms with Gasteiger partial charge in [0.2, 0.25) is 5.91 Å². The summed E-state index contributed by atoms with van der Waals surface area (Å²) < 4.78 is 19.9. The van der Waals surface area contributed by atoms with Gasteiger partial charge in [-0.15, -0.1) is 0 Å². The lowest BCUT2D eigenvalue weighted by atomic mass is 10.1. The Kier molecular flexibility index (Phi) is 7.59. The number of nitrogens with zero attached hydrogens (tertiary/aromatic N) is 1. The zero-order chi connectivity index (χ0) is 22.5. The third-order valence-electron chi connectivity index (χ3n) is 4.65. The summed E-state index contributed by atoms with van der Waals surface area (Å²) in [6.07, 6.45) is 0. The highest BCUT2D eigenvalue weighted by atomic mass is 19.1. The van der Waals surface area contributed by atoms with Gasteiger partial charge in [-0.3, -0.25) is 9.59 Å². The molecule has 0 aromatic heterocycles. The molecule has 2 aromatic rings. The quantitative estimate of drug-likeness (QED) is 0.740. The first kappa shape index (κ1) is 23.4. The minimum Gasteiger partial charge on any atom is -0.483 e. The summed E-state index contributed by atoms with van der Waals surface area (Å²) in [6, 6.07) is 11.1. The molecule has 1 N–H and O–H groups in total. The summed E-state index contributed by atoms with van der Waals surface area (Å²) in [5.74, 6) is -0.519. The summed E-state index contributed by atoms with van der Waals surface area (Å²) in [5.41, 5.74) is 1.91. The molecular weight excluding hydrogens is 383 g/mol. The standard InChI is InChI=1S/C24H31FN2O3/c1-16-11-12-21(17(2)13-16)30-15-22(28)27(14-19-9-7-8-10-20(19)25)18(3)23(29)26-24(4,5)6/h7-13,18H,14-15H2,1-6H3,(H,26,29). The van der Waals surface area contributed by atoms with Crippen molar-refractivity contribution in [2.45, 2.75) is 59.7 Å². The fourth-order valence-electron chi connectivity index (χ4n) is 3.05. The van der Waals surface area contributed by atoms with E-state index in [1.165, 1.54) is 11.0 Å². The van der Waals surface area contributed by atoms with Crippen molar-refractivity contribution in [1.29, 1.82) is 0 Å². The summed E-state index contributed by atoms with van der Waals surface area (Å²) in [6.45, 7) is 10.8. The van der Waals surface area contributed by atoms with Crippen molar-refractivity contribution in [1.82, 2.24) is 10.2 Å². The summed E-state index contributed by atoms with van der Waals surface area (Å²) in [5, 5.41) is 2.88. The van der Waals surface area contributed by atoms with E-state index in [1.54, 1.807) is 25.1 Å². The molecule has 1 atom stereocenters. The largest absolute Gasteiger partial charge is 0.483 e. The molecule has 2 amide bonds. The molecule has 30 heavy (non-hydrogen) atoms. The van der Waals surface area contributed by atoms with Crippen molar-refractivity contribution >= 4 is 11.8 Å². The van der Waals surface area contributed by atoms with Crippen LogP contribution in [0.2, 0.25) is 0 Å². The van der Waals surface area contributed by atoms with Gasteiger partial charge in [-0.1, -0.05) is 35.9 Å². The number of halogens is 1. The maximum Gasteiger partial charge on any atom is 0.261 e. The molecule has 2 rings (SSSR count). The van der Waals surface area contributed by atoms with Crippen LogP contribution in [0.3, 0.4) is 0 Å². The molecule has 5 nitrogen and oxygen atoms in total. The van der Waals surface area contributed by atoms with E-state index in [1.807, 2.05) is 52.8 Å². The molecule has 0 saturated heterocycles. The van der Waals surface area contributed by atoms with Crippen molar-refractivity contribution in [3.05, 3.63) is 65.0 Å². The Morgan fingerprint density at radius 1 is 1.13 bits per heavy atom. The Labute approximate surface area is 178 Å². The van der Waals surface area contributed by atoms with E-state index in [4.69, 9.17) is 4.74 Å². The molecule has 0 saturated carbocycles. The summed E-state index contributed by atoms with van der Waals surface area (Å²) >= 11 is 0. The number of benzene rings is 2. The predicted octanol–water partition coefficient (Wildman–Crippen LogP) is 4.15. The number of nitrogens with one attached hydrogen (secondary N) is 1. The van der Waals surface area contributed by atoms with Gasteiger partial charge in [0.1, 0.15) is 17.6 Å². The van der Waals surface area contributed by atoms with E-state index in [0.29, 0.717) is 11.3 Å². The van der Waals surface area contributed by atoms with Crippen LogP contribution in [0, 0.1) is 19.7 Å². The van der Waals surface area contributed by atoms with Gasteiger partial charge in [0.15, 0.2) is 6.61 Å². The average molecular weight is 415 g/mol. The Hall–Kier alpha value is -2.89. The molecular formula is C24H31FN2O3. The number of ether oxygens (including phenoxy) is 1. The minimum atomic E-state index is -0.793. The topological polar surface area (TPSA) is 58.6 Å². The molecule has 162 valence electrons. The molecule has 2 aromatic carbocycles. The second-order valence-electron chi connectivity index (χ2n) is 8.59. The number of carbonyl (C=O) groups is 2. The van der Waals surface area contributed by atoms with Gasteiger partial charge in [-0.05, 0) is 59.2 Å². The summed E-state index contributed by atoms with van der Waals surface area (Å²) in [7, 11) is 0. The van der Waals surface area contributed by atoms with Crippen LogP contribution in [0.25, 0.3) is 0 Å². The lowest BCUT2D eigenvalue weighted by Crippen LogP contribution is -2.53. The monoisotopic (exact) mass is 414 g/mol. The number of amides is 2. The van der Waals surface area contributed by atoms with Crippen molar-refractivity contribution < 1.29 is 18.7 Å². The second kappa shape index (κ2) is 9.74. The van der Waals surface area contributed by atoms with E-state index in [-0.39, 0.29) is 19.1 Å². The van der Waals surface area contributed by atoms with E-state index in [2.05, 4.69) is 5.32 Å². The first-order valence-corrected chi connectivity index (χ1v) is 10.0. The molecule has 0 aliphatic rings. The molecule has 0 fully saturated rings. The fourth-order valence-corrected chi connectivity index (χ4v) is 3.05. The molecule has 1 unspecified atom stereocenters. The Morgan fingerprint density at radius 3 is 2.40 bits per heavy atom. The summed E-state index contributed by atoms with van der Waals surface area (Å²) in [4.78, 5) is 27.1. The lowest BCUT2D eigenvalue weighted by Gasteiger charge is -2.31. The van der Waals surface area contributed by atoms with Gasteiger partial charge >= 0.3 is 0 Å². The van der Waals surface area contributed by atoms with Gasteiger partial charge in [0, 0.05) is 17.6 Å². The predicted molar refractivity (Wildman–Crippen MR) is 116 cm³/mol. The Bertz CT molecular complexity index is 906. The first-order valence-electron chi connectivity index (χ1n) is 10.0. The van der Waals surface area contributed by atoms with Crippen molar-refractivity contribution in [3.63, 3.8) is 0 Å². The molecule has 0 spiro atoms. The highest BCUT2D eigenvalue weighted by Crippen LogP contribution is 2.20. The van der Waals surface area contributed by atoms with E-state index in [0.717, 1.165) is 11.1 Å². The smallest absolute Gasteiger partial charge is 0.261 e. The number of hydrogen-bond donors (Lipinski definition) is 1. The molecule has 0 radical (unpaired) electrons. The van der Waals surface area contributed by atoms with E-state index >= 15 is 0 Å². The van der Waals surface area contributed by atoms with Gasteiger partial charge in [-0.25, -0.2) is 4.39 Å². The van der Waals surface area contributed by atoms with E-state index in [9.17, 15) is 14.0 Å². The normalized spacial score (nSPS) is 12.2. The third-order valence-corrected chi connectivity index (χ3v) is 4.65. The van der Waals surface area contributed by atoms with Crippen LogP contribution in [0.5, 0.6) is 5.75 Å². The van der Waals surface area contributed by atoms with Gasteiger partial charge < -0.3 is 15.0 Å². The SMILES string of the molecule is Cc1ccc(OCC(=O)N(Cc2ccccc2F)C(C)C(=O)NC(C)(C)C)c(C)c1. The van der Waals surface area contributed by atoms with Crippen molar-refractivity contribution in [2.75, 3.05) is 6.61 Å². The number of carbonyl (C=O) groups excluding carboxylic acids is 2. The molecule has 0 heterocycles. The fraction of sp³-hybridized carbons (Fsp3) is 0.417. The zero-order valence-electron chi connectivity index (χ0n) is 18.6. The Balaban J connectivity index is 2.21. The second-order valence-corrected chi connectivity index (χ2v) is 8.59. The lowest BCUT2D eigenvalue weighted by molar-refractivity contribution is -0.142. The van der Waals surface area contributed by atoms with Crippen LogP contribution in [-0.4, -0.2) is 34.9 Å². The van der Waals surface area contributed by atoms with Gasteiger partial charge in [0.25, 0.3) is 5.91 Å². The average Bonchev–Trinajstić information content (AvgIpc) is 2.64. The maximum absolute atomic E-state index is 14.2. The highest BCUT2D eigenvalue weighted by Gasteiger charge is 2.29. The maximum atomic E-state index is 14.2. The number of hydrogen-bond acceptors (Lipinski definition) is 3. The van der Waals surface area contributed by atoms with Crippen LogP contribution >= 0.6 is 0 Å². The van der Waals surface area contributed by atoms with Crippen LogP contribution in [0.4, 0.5) is 4.39 Å². The Morgan fingerprint density at radius 2 is 1.80 bits per heavy atom. The van der Waals surface area contributed by atoms with Gasteiger partial charge in [-0.2, -0.15) is 0 Å². The van der Waals surface area contributed by atoms with Gasteiger partial charge in [0.05, 0.1) is 0 Å². The van der Waals surface area contributed by atoms with E-state index < -0.39 is 23.3 Å². The van der Waals surface area contributed by atoms with Crippen molar-refractivity contribution in [3.8, 4) is 5.75 Å². The zero-order valence-corrected chi connectivity index (χ0v) is 18.6. The molecule has 0 aliphatic heterocycles.